The van der Waals surface area contributed by atoms with Gasteiger partial charge in [-0.3, -0.25) is 19.7 Å². The number of rotatable bonds is 3. The van der Waals surface area contributed by atoms with Crippen molar-refractivity contribution in [2.45, 2.75) is 0 Å². The molecule has 0 aliphatic heterocycles. The fourth-order valence-electron chi connectivity index (χ4n) is 1.82. The molecule has 0 heterocycles. The number of para-hydroxylation sites is 1. The van der Waals surface area contributed by atoms with Gasteiger partial charge >= 0.3 is 11.8 Å². The Balaban J connectivity index is 2.17. The highest BCUT2D eigenvalue weighted by atomic mass is 35.5. The van der Waals surface area contributed by atoms with Crippen LogP contribution in [0.3, 0.4) is 0 Å². The molecule has 7 nitrogen and oxygen atoms in total. The standard InChI is InChI=1S/C15H12ClN3O4/c1-18(10-5-3-2-4-6-10)15(21)14(20)17-13-9-11(19(22)23)7-8-12(13)16/h2-9H,1H3,(H,17,20). The quantitative estimate of drug-likeness (QED) is 0.531. The highest BCUT2D eigenvalue weighted by molar-refractivity contribution is 6.45. The number of nitro benzene ring substituents is 1. The first kappa shape index (κ1) is 16.4. The number of nitrogens with one attached hydrogen (secondary N) is 1. The maximum atomic E-state index is 12.1. The number of nitrogens with zero attached hydrogens (tertiary/aromatic N) is 2. The third-order valence-electron chi connectivity index (χ3n) is 3.05. The number of carbonyl (C=O) groups is 2. The van der Waals surface area contributed by atoms with Crippen molar-refractivity contribution in [3.05, 3.63) is 63.7 Å². The van der Waals surface area contributed by atoms with Crippen molar-refractivity contribution < 1.29 is 14.5 Å². The van der Waals surface area contributed by atoms with Gasteiger partial charge in [0.25, 0.3) is 5.69 Å². The lowest BCUT2D eigenvalue weighted by Crippen LogP contribution is -2.37. The SMILES string of the molecule is CN(C(=O)C(=O)Nc1cc([N+](=O)[O-])ccc1Cl)c1ccccc1. The van der Waals surface area contributed by atoms with E-state index in [9.17, 15) is 19.7 Å². The summed E-state index contributed by atoms with van der Waals surface area (Å²) in [5.41, 5.74) is 0.298. The van der Waals surface area contributed by atoms with Crippen LogP contribution < -0.4 is 10.2 Å². The van der Waals surface area contributed by atoms with Crippen LogP contribution in [0.5, 0.6) is 0 Å². The van der Waals surface area contributed by atoms with Crippen molar-refractivity contribution in [1.29, 1.82) is 0 Å². The Hall–Kier alpha value is -2.93. The van der Waals surface area contributed by atoms with E-state index in [4.69, 9.17) is 11.6 Å². The molecule has 0 radical (unpaired) electrons. The summed E-state index contributed by atoms with van der Waals surface area (Å²) in [6.45, 7) is 0. The predicted octanol–water partition coefficient (Wildman–Crippen LogP) is 2.85. The molecule has 0 fully saturated rings. The number of benzene rings is 2. The Morgan fingerprint density at radius 1 is 1.17 bits per heavy atom. The molecule has 23 heavy (non-hydrogen) atoms. The number of anilines is 2. The van der Waals surface area contributed by atoms with E-state index in [-0.39, 0.29) is 16.4 Å². The van der Waals surface area contributed by atoms with Gasteiger partial charge in [-0.05, 0) is 18.2 Å². The van der Waals surface area contributed by atoms with Gasteiger partial charge in [0, 0.05) is 24.9 Å². The molecule has 0 aromatic heterocycles. The van der Waals surface area contributed by atoms with Gasteiger partial charge in [0.2, 0.25) is 0 Å². The first-order valence-corrected chi connectivity index (χ1v) is 6.86. The molecule has 0 spiro atoms. The highest BCUT2D eigenvalue weighted by Crippen LogP contribution is 2.26. The van der Waals surface area contributed by atoms with E-state index in [0.717, 1.165) is 6.07 Å². The minimum atomic E-state index is -0.946. The van der Waals surface area contributed by atoms with Gasteiger partial charge in [0.05, 0.1) is 15.6 Å². The number of carbonyl (C=O) groups excluding carboxylic acids is 2. The molecule has 0 bridgehead atoms. The fourth-order valence-corrected chi connectivity index (χ4v) is 1.98. The third-order valence-corrected chi connectivity index (χ3v) is 3.38. The Morgan fingerprint density at radius 3 is 2.43 bits per heavy atom. The first-order valence-electron chi connectivity index (χ1n) is 6.48. The van der Waals surface area contributed by atoms with E-state index in [1.54, 1.807) is 30.3 Å². The van der Waals surface area contributed by atoms with Crippen molar-refractivity contribution in [3.63, 3.8) is 0 Å². The average Bonchev–Trinajstić information content (AvgIpc) is 2.56. The van der Waals surface area contributed by atoms with Gasteiger partial charge in [0.1, 0.15) is 0 Å². The Kier molecular flexibility index (Phi) is 4.92. The lowest BCUT2D eigenvalue weighted by atomic mass is 10.2. The van der Waals surface area contributed by atoms with E-state index in [1.807, 2.05) is 0 Å². The van der Waals surface area contributed by atoms with Gasteiger partial charge in [-0.2, -0.15) is 0 Å². The van der Waals surface area contributed by atoms with Crippen LogP contribution in [0.2, 0.25) is 5.02 Å². The molecule has 1 N–H and O–H groups in total. The summed E-state index contributed by atoms with van der Waals surface area (Å²) in [7, 11) is 1.45. The Labute approximate surface area is 136 Å². The summed E-state index contributed by atoms with van der Waals surface area (Å²) < 4.78 is 0. The highest BCUT2D eigenvalue weighted by Gasteiger charge is 2.21. The molecule has 8 heteroatoms. The third kappa shape index (κ3) is 3.83. The van der Waals surface area contributed by atoms with Crippen LogP contribution in [-0.4, -0.2) is 23.8 Å². The summed E-state index contributed by atoms with van der Waals surface area (Å²) in [6, 6.07) is 12.2. The smallest absolute Gasteiger partial charge is 0.316 e. The second-order valence-electron chi connectivity index (χ2n) is 4.58. The van der Waals surface area contributed by atoms with Crippen molar-refractivity contribution in [2.24, 2.45) is 0 Å². The lowest BCUT2D eigenvalue weighted by molar-refractivity contribution is -0.384. The lowest BCUT2D eigenvalue weighted by Gasteiger charge is -2.16. The number of hydrogen-bond acceptors (Lipinski definition) is 4. The van der Waals surface area contributed by atoms with E-state index in [1.165, 1.54) is 24.1 Å². The fraction of sp³-hybridized carbons (Fsp3) is 0.0667. The second-order valence-corrected chi connectivity index (χ2v) is 4.98. The van der Waals surface area contributed by atoms with Crippen molar-refractivity contribution in [2.75, 3.05) is 17.3 Å². The van der Waals surface area contributed by atoms with Crippen molar-refractivity contribution >= 4 is 40.5 Å². The average molecular weight is 334 g/mol. The molecule has 2 amide bonds. The van der Waals surface area contributed by atoms with E-state index in [2.05, 4.69) is 5.32 Å². The summed E-state index contributed by atoms with van der Waals surface area (Å²) >= 11 is 5.88. The molecule has 2 rings (SSSR count). The van der Waals surface area contributed by atoms with Crippen LogP contribution in [0.25, 0.3) is 0 Å². The van der Waals surface area contributed by atoms with Crippen LogP contribution in [0.4, 0.5) is 17.1 Å². The van der Waals surface area contributed by atoms with E-state index < -0.39 is 16.7 Å². The van der Waals surface area contributed by atoms with Crippen LogP contribution in [0.1, 0.15) is 0 Å². The maximum absolute atomic E-state index is 12.1. The Bertz CT molecular complexity index is 765. The minimum Gasteiger partial charge on any atom is -0.316 e. The number of likely N-dealkylation sites (N-methyl/N-ethyl adjacent to an activating group) is 1. The summed E-state index contributed by atoms with van der Waals surface area (Å²) in [6.07, 6.45) is 0. The van der Waals surface area contributed by atoms with Crippen molar-refractivity contribution in [3.8, 4) is 0 Å². The topological polar surface area (TPSA) is 92.6 Å². The predicted molar refractivity (Wildman–Crippen MR) is 86.6 cm³/mol. The number of hydrogen-bond donors (Lipinski definition) is 1. The molecular weight excluding hydrogens is 322 g/mol. The number of amides is 2. The zero-order valence-corrected chi connectivity index (χ0v) is 12.8. The number of halogens is 1. The van der Waals surface area contributed by atoms with Gasteiger partial charge in [0.15, 0.2) is 0 Å². The van der Waals surface area contributed by atoms with E-state index >= 15 is 0 Å². The maximum Gasteiger partial charge on any atom is 0.316 e. The van der Waals surface area contributed by atoms with Gasteiger partial charge in [-0.15, -0.1) is 0 Å². The number of nitro groups is 1. The monoisotopic (exact) mass is 333 g/mol. The second kappa shape index (κ2) is 6.89. The molecule has 0 aliphatic carbocycles. The summed E-state index contributed by atoms with van der Waals surface area (Å²) in [5.74, 6) is -1.77. The molecule has 2 aromatic carbocycles. The zero-order valence-electron chi connectivity index (χ0n) is 12.0. The molecular formula is C15H12ClN3O4. The summed E-state index contributed by atoms with van der Waals surface area (Å²) in [5, 5.41) is 13.1. The molecule has 0 saturated carbocycles. The Morgan fingerprint density at radius 2 is 1.83 bits per heavy atom. The van der Waals surface area contributed by atoms with Gasteiger partial charge in [-0.1, -0.05) is 29.8 Å². The van der Waals surface area contributed by atoms with Crippen LogP contribution >= 0.6 is 11.6 Å². The van der Waals surface area contributed by atoms with Crippen molar-refractivity contribution in [1.82, 2.24) is 0 Å². The van der Waals surface area contributed by atoms with Crippen LogP contribution in [0.15, 0.2) is 48.5 Å². The van der Waals surface area contributed by atoms with Gasteiger partial charge in [-0.25, -0.2) is 0 Å². The molecule has 118 valence electrons. The molecule has 0 aliphatic rings. The largest absolute Gasteiger partial charge is 0.316 e. The van der Waals surface area contributed by atoms with Crippen LogP contribution in [0, 0.1) is 10.1 Å². The zero-order chi connectivity index (χ0) is 17.0. The summed E-state index contributed by atoms with van der Waals surface area (Å²) in [4.78, 5) is 35.4. The number of non-ortho nitro benzene ring substituents is 1. The minimum absolute atomic E-state index is 0.000628. The molecule has 0 unspecified atom stereocenters. The van der Waals surface area contributed by atoms with Crippen LogP contribution in [-0.2, 0) is 9.59 Å². The molecule has 0 atom stereocenters. The van der Waals surface area contributed by atoms with Gasteiger partial charge < -0.3 is 10.2 Å². The molecule has 0 saturated heterocycles. The molecule has 2 aromatic rings. The normalized spacial score (nSPS) is 10.0. The van der Waals surface area contributed by atoms with E-state index in [0.29, 0.717) is 5.69 Å². The first-order chi connectivity index (χ1) is 10.9.